The van der Waals surface area contributed by atoms with E-state index in [2.05, 4.69) is 6.58 Å². The molecule has 6 heteroatoms. The molecule has 0 bridgehead atoms. The van der Waals surface area contributed by atoms with Crippen molar-refractivity contribution in [1.29, 1.82) is 0 Å². The fraction of sp³-hybridized carbons (Fsp3) is 0.778. The molecule has 0 N–H and O–H groups in total. The molecule has 0 fully saturated rings. The SMILES string of the molecule is C=C(CN(CCC)CCC)[B-](F)(F)F.[K+]. The molecule has 0 saturated heterocycles. The van der Waals surface area contributed by atoms with E-state index in [1.807, 2.05) is 13.8 Å². The molecule has 0 amide bonds. The maximum absolute atomic E-state index is 12.2. The van der Waals surface area contributed by atoms with Crippen molar-refractivity contribution in [2.45, 2.75) is 26.7 Å². The fourth-order valence-corrected chi connectivity index (χ4v) is 1.29. The number of hydrogen-bond donors (Lipinski definition) is 0. The summed E-state index contributed by atoms with van der Waals surface area (Å²) in [5, 5.41) is 0. The summed E-state index contributed by atoms with van der Waals surface area (Å²) in [6.07, 6.45) is 1.75. The van der Waals surface area contributed by atoms with E-state index in [0.29, 0.717) is 13.1 Å². The van der Waals surface area contributed by atoms with E-state index in [9.17, 15) is 12.9 Å². The van der Waals surface area contributed by atoms with Gasteiger partial charge in [0.25, 0.3) is 0 Å². The average Bonchev–Trinajstić information content (AvgIpc) is 2.03. The quantitative estimate of drug-likeness (QED) is 0.575. The molecule has 0 aliphatic carbocycles. The van der Waals surface area contributed by atoms with Crippen LogP contribution in [0, 0.1) is 0 Å². The Morgan fingerprint density at radius 3 is 1.80 bits per heavy atom. The fourth-order valence-electron chi connectivity index (χ4n) is 1.29. The summed E-state index contributed by atoms with van der Waals surface area (Å²) in [6.45, 7) is 3.53. The summed E-state index contributed by atoms with van der Waals surface area (Å²) in [4.78, 5) is 1.80. The zero-order chi connectivity index (χ0) is 11.2. The molecule has 0 unspecified atom stereocenters. The van der Waals surface area contributed by atoms with Crippen molar-refractivity contribution in [3.8, 4) is 0 Å². The summed E-state index contributed by atoms with van der Waals surface area (Å²) in [5.41, 5.74) is -0.591. The Bertz CT molecular complexity index is 179. The van der Waals surface area contributed by atoms with Crippen LogP contribution in [0.2, 0.25) is 0 Å². The predicted molar refractivity (Wildman–Crippen MR) is 55.2 cm³/mol. The minimum atomic E-state index is -4.87. The van der Waals surface area contributed by atoms with Crippen molar-refractivity contribution >= 4 is 6.98 Å². The smallest absolute Gasteiger partial charge is 0.445 e. The standard InChI is InChI=1S/C9H18BF3N.K/c1-4-6-14(7-5-2)8-9(3)10(11,12)13;/h3-8H2,1-2H3;/q-1;+1. The maximum Gasteiger partial charge on any atom is 1.00 e. The van der Waals surface area contributed by atoms with Gasteiger partial charge in [-0.1, -0.05) is 13.8 Å². The van der Waals surface area contributed by atoms with E-state index in [1.165, 1.54) is 0 Å². The van der Waals surface area contributed by atoms with Crippen molar-refractivity contribution in [3.63, 3.8) is 0 Å². The van der Waals surface area contributed by atoms with E-state index in [4.69, 9.17) is 0 Å². The van der Waals surface area contributed by atoms with Crippen LogP contribution >= 0.6 is 0 Å². The van der Waals surface area contributed by atoms with E-state index in [-0.39, 0.29) is 57.9 Å². The summed E-state index contributed by atoms with van der Waals surface area (Å²) in [5.74, 6) is 0. The summed E-state index contributed by atoms with van der Waals surface area (Å²) in [7, 11) is 0. The third-order valence-corrected chi connectivity index (χ3v) is 1.97. The van der Waals surface area contributed by atoms with Crippen LogP contribution in [0.3, 0.4) is 0 Å². The molecule has 1 nitrogen and oxygen atoms in total. The van der Waals surface area contributed by atoms with Gasteiger partial charge in [0.2, 0.25) is 0 Å². The third kappa shape index (κ3) is 8.94. The first-order valence-corrected chi connectivity index (χ1v) is 5.01. The largest absolute Gasteiger partial charge is 1.00 e. The second-order valence-electron chi connectivity index (χ2n) is 3.51. The third-order valence-electron chi connectivity index (χ3n) is 1.97. The molecule has 0 aliphatic heterocycles. The first-order chi connectivity index (χ1) is 6.41. The Morgan fingerprint density at radius 1 is 1.13 bits per heavy atom. The van der Waals surface area contributed by atoms with Crippen LogP contribution in [-0.2, 0) is 0 Å². The molecule has 84 valence electrons. The van der Waals surface area contributed by atoms with Crippen molar-refractivity contribution in [1.82, 2.24) is 4.90 Å². The molecular weight excluding hydrogens is 229 g/mol. The molecule has 15 heavy (non-hydrogen) atoms. The Kier molecular flexibility index (Phi) is 11.4. The Hall–Kier alpha value is 1.19. The second kappa shape index (κ2) is 9.25. The molecule has 0 aliphatic rings. The van der Waals surface area contributed by atoms with Gasteiger partial charge in [-0.2, -0.15) is 0 Å². The number of halogens is 3. The monoisotopic (exact) mass is 247 g/mol. The average molecular weight is 247 g/mol. The van der Waals surface area contributed by atoms with Gasteiger partial charge >= 0.3 is 58.4 Å². The second-order valence-corrected chi connectivity index (χ2v) is 3.51. The topological polar surface area (TPSA) is 3.24 Å². The first kappa shape index (κ1) is 18.6. The van der Waals surface area contributed by atoms with Gasteiger partial charge in [-0.3, -0.25) is 0 Å². The normalized spacial score (nSPS) is 11.3. The van der Waals surface area contributed by atoms with Gasteiger partial charge in [-0.25, -0.2) is 0 Å². The van der Waals surface area contributed by atoms with Gasteiger partial charge in [0.15, 0.2) is 0 Å². The minimum absolute atomic E-state index is 0. The molecule has 0 aromatic rings. The predicted octanol–water partition coefficient (Wildman–Crippen LogP) is 0.0552. The molecule has 0 spiro atoms. The first-order valence-electron chi connectivity index (χ1n) is 5.01. The molecule has 0 aromatic carbocycles. The summed E-state index contributed by atoms with van der Waals surface area (Å²) < 4.78 is 36.7. The van der Waals surface area contributed by atoms with Gasteiger partial charge in [0.05, 0.1) is 0 Å². The van der Waals surface area contributed by atoms with E-state index in [0.717, 1.165) is 12.8 Å². The van der Waals surface area contributed by atoms with Crippen molar-refractivity contribution in [2.75, 3.05) is 19.6 Å². The van der Waals surface area contributed by atoms with Crippen LogP contribution in [-0.4, -0.2) is 31.5 Å². The molecule has 0 radical (unpaired) electrons. The molecule has 0 aromatic heterocycles. The molecule has 0 rings (SSSR count). The van der Waals surface area contributed by atoms with Crippen molar-refractivity contribution in [3.05, 3.63) is 12.1 Å². The molecule has 0 saturated carbocycles. The van der Waals surface area contributed by atoms with Gasteiger partial charge in [-0.15, -0.1) is 12.1 Å². The van der Waals surface area contributed by atoms with Gasteiger partial charge < -0.3 is 17.8 Å². The Morgan fingerprint density at radius 2 is 1.53 bits per heavy atom. The van der Waals surface area contributed by atoms with Gasteiger partial charge in [-0.05, 0) is 32.5 Å². The molecule has 0 atom stereocenters. The molecule has 0 heterocycles. The number of rotatable bonds is 7. The Labute approximate surface area is 133 Å². The summed E-state index contributed by atoms with van der Waals surface area (Å²) >= 11 is 0. The van der Waals surface area contributed by atoms with Crippen molar-refractivity contribution in [2.24, 2.45) is 0 Å². The Balaban J connectivity index is 0. The van der Waals surface area contributed by atoms with Gasteiger partial charge in [0, 0.05) is 0 Å². The van der Waals surface area contributed by atoms with Crippen LogP contribution < -0.4 is 51.4 Å². The minimum Gasteiger partial charge on any atom is -0.445 e. The van der Waals surface area contributed by atoms with Crippen LogP contribution in [0.5, 0.6) is 0 Å². The zero-order valence-electron chi connectivity index (χ0n) is 9.90. The maximum atomic E-state index is 12.2. The van der Waals surface area contributed by atoms with Crippen LogP contribution in [0.15, 0.2) is 12.1 Å². The molecular formula is C9H18BF3KN. The van der Waals surface area contributed by atoms with E-state index < -0.39 is 12.4 Å². The van der Waals surface area contributed by atoms with Crippen LogP contribution in [0.1, 0.15) is 26.7 Å². The van der Waals surface area contributed by atoms with Gasteiger partial charge in [0.1, 0.15) is 0 Å². The zero-order valence-corrected chi connectivity index (χ0v) is 13.0. The summed E-state index contributed by atoms with van der Waals surface area (Å²) in [6, 6.07) is 0. The van der Waals surface area contributed by atoms with Crippen LogP contribution in [0.4, 0.5) is 12.9 Å². The number of nitrogens with zero attached hydrogens (tertiary/aromatic N) is 1. The number of hydrogen-bond acceptors (Lipinski definition) is 1. The van der Waals surface area contributed by atoms with E-state index in [1.54, 1.807) is 4.90 Å². The van der Waals surface area contributed by atoms with E-state index >= 15 is 0 Å². The van der Waals surface area contributed by atoms with Crippen LogP contribution in [0.25, 0.3) is 0 Å². The van der Waals surface area contributed by atoms with Crippen molar-refractivity contribution < 1.29 is 64.3 Å².